The number of ether oxygens (including phenoxy) is 2. The minimum absolute atomic E-state index is 0.00303. The SMILES string of the molecule is C=COC(=N)C(N)C1CCN(C(=O)OCc2ccccc2)C1. The molecule has 2 atom stereocenters. The van der Waals surface area contributed by atoms with Gasteiger partial charge in [-0.1, -0.05) is 36.9 Å². The molecule has 1 aliphatic heterocycles. The molecule has 0 aromatic heterocycles. The van der Waals surface area contributed by atoms with Gasteiger partial charge in [0.15, 0.2) is 0 Å². The molecular weight excluding hydrogens is 282 g/mol. The molecule has 3 N–H and O–H groups in total. The van der Waals surface area contributed by atoms with Crippen molar-refractivity contribution in [2.45, 2.75) is 19.1 Å². The number of carbonyl (C=O) groups excluding carboxylic acids is 1. The summed E-state index contributed by atoms with van der Waals surface area (Å²) >= 11 is 0. The van der Waals surface area contributed by atoms with Gasteiger partial charge in [0, 0.05) is 19.0 Å². The van der Waals surface area contributed by atoms with Crippen LogP contribution in [0.3, 0.4) is 0 Å². The first-order valence-corrected chi connectivity index (χ1v) is 7.19. The topological polar surface area (TPSA) is 88.6 Å². The molecule has 2 unspecified atom stereocenters. The lowest BCUT2D eigenvalue weighted by Crippen LogP contribution is -2.40. The predicted molar refractivity (Wildman–Crippen MR) is 83.3 cm³/mol. The second-order valence-electron chi connectivity index (χ2n) is 5.21. The number of nitrogens with one attached hydrogen (secondary N) is 1. The largest absolute Gasteiger partial charge is 0.450 e. The van der Waals surface area contributed by atoms with Crippen LogP contribution < -0.4 is 5.73 Å². The van der Waals surface area contributed by atoms with Gasteiger partial charge >= 0.3 is 6.09 Å². The van der Waals surface area contributed by atoms with Gasteiger partial charge in [-0.05, 0) is 12.0 Å². The summed E-state index contributed by atoms with van der Waals surface area (Å²) in [6.07, 6.45) is 1.56. The van der Waals surface area contributed by atoms with Gasteiger partial charge in [0.05, 0.1) is 12.3 Å². The molecule has 1 amide bonds. The van der Waals surface area contributed by atoms with Crippen molar-refractivity contribution in [3.05, 3.63) is 48.7 Å². The van der Waals surface area contributed by atoms with Crippen LogP contribution >= 0.6 is 0 Å². The van der Waals surface area contributed by atoms with Crippen molar-refractivity contribution in [3.8, 4) is 0 Å². The van der Waals surface area contributed by atoms with E-state index in [9.17, 15) is 4.79 Å². The molecule has 1 aliphatic rings. The number of amides is 1. The van der Waals surface area contributed by atoms with Gasteiger partial charge in [0.1, 0.15) is 6.61 Å². The molecule has 0 aliphatic carbocycles. The molecule has 118 valence electrons. The van der Waals surface area contributed by atoms with Crippen LogP contribution in [0.25, 0.3) is 0 Å². The van der Waals surface area contributed by atoms with E-state index in [-0.39, 0.29) is 24.5 Å². The zero-order chi connectivity index (χ0) is 15.9. The van der Waals surface area contributed by atoms with Gasteiger partial charge in [-0.25, -0.2) is 4.79 Å². The van der Waals surface area contributed by atoms with Crippen LogP contribution in [0, 0.1) is 11.3 Å². The van der Waals surface area contributed by atoms with Crippen molar-refractivity contribution in [2.75, 3.05) is 13.1 Å². The fraction of sp³-hybridized carbons (Fsp3) is 0.375. The van der Waals surface area contributed by atoms with Crippen LogP contribution in [0.2, 0.25) is 0 Å². The molecule has 1 fully saturated rings. The van der Waals surface area contributed by atoms with Crippen molar-refractivity contribution in [3.63, 3.8) is 0 Å². The Morgan fingerprint density at radius 1 is 1.50 bits per heavy atom. The van der Waals surface area contributed by atoms with Crippen LogP contribution in [-0.2, 0) is 16.1 Å². The third-order valence-electron chi connectivity index (χ3n) is 3.71. The lowest BCUT2D eigenvalue weighted by Gasteiger charge is -2.20. The van der Waals surface area contributed by atoms with Gasteiger partial charge in [-0.2, -0.15) is 0 Å². The van der Waals surface area contributed by atoms with E-state index in [2.05, 4.69) is 6.58 Å². The van der Waals surface area contributed by atoms with Crippen molar-refractivity contribution in [2.24, 2.45) is 11.7 Å². The lowest BCUT2D eigenvalue weighted by molar-refractivity contribution is 0.103. The third kappa shape index (κ3) is 4.08. The first-order chi connectivity index (χ1) is 10.6. The van der Waals surface area contributed by atoms with Crippen LogP contribution in [0.5, 0.6) is 0 Å². The lowest BCUT2D eigenvalue weighted by atomic mass is 10.00. The molecule has 1 aromatic rings. The summed E-state index contributed by atoms with van der Waals surface area (Å²) in [5, 5.41) is 7.67. The number of likely N-dealkylation sites (tertiary alicyclic amines) is 1. The van der Waals surface area contributed by atoms with E-state index in [0.717, 1.165) is 12.0 Å². The maximum atomic E-state index is 12.0. The fourth-order valence-electron chi connectivity index (χ4n) is 2.44. The fourth-order valence-corrected chi connectivity index (χ4v) is 2.44. The Morgan fingerprint density at radius 2 is 2.23 bits per heavy atom. The number of carbonyl (C=O) groups is 1. The van der Waals surface area contributed by atoms with Gasteiger partial charge in [-0.3, -0.25) is 5.41 Å². The molecule has 1 saturated heterocycles. The first kappa shape index (κ1) is 16.0. The summed E-state index contributed by atoms with van der Waals surface area (Å²) in [6.45, 7) is 4.70. The van der Waals surface area contributed by atoms with Gasteiger partial charge in [0.2, 0.25) is 5.90 Å². The Labute approximate surface area is 130 Å². The van der Waals surface area contributed by atoms with E-state index in [0.29, 0.717) is 13.1 Å². The van der Waals surface area contributed by atoms with Crippen molar-refractivity contribution < 1.29 is 14.3 Å². The summed E-state index contributed by atoms with van der Waals surface area (Å²) in [5.41, 5.74) is 6.91. The average molecular weight is 303 g/mol. The molecule has 1 heterocycles. The average Bonchev–Trinajstić information content (AvgIpc) is 3.03. The Kier molecular flexibility index (Phi) is 5.55. The second kappa shape index (κ2) is 7.61. The van der Waals surface area contributed by atoms with Crippen LogP contribution in [0.4, 0.5) is 4.79 Å². The molecular formula is C16H21N3O3. The van der Waals surface area contributed by atoms with E-state index in [1.165, 1.54) is 6.26 Å². The van der Waals surface area contributed by atoms with Gasteiger partial charge < -0.3 is 20.1 Å². The zero-order valence-corrected chi connectivity index (χ0v) is 12.4. The van der Waals surface area contributed by atoms with E-state index in [1.54, 1.807) is 4.90 Å². The highest BCUT2D eigenvalue weighted by molar-refractivity contribution is 5.79. The van der Waals surface area contributed by atoms with Crippen LogP contribution in [0.1, 0.15) is 12.0 Å². The summed E-state index contributed by atoms with van der Waals surface area (Å²) in [7, 11) is 0. The number of rotatable bonds is 5. The number of benzene rings is 1. The molecule has 0 bridgehead atoms. The quantitative estimate of drug-likeness (QED) is 0.495. The molecule has 22 heavy (non-hydrogen) atoms. The predicted octanol–water partition coefficient (Wildman–Crippen LogP) is 2.11. The smallest absolute Gasteiger partial charge is 0.410 e. The number of hydrogen-bond acceptors (Lipinski definition) is 5. The van der Waals surface area contributed by atoms with E-state index in [4.69, 9.17) is 20.6 Å². The number of hydrogen-bond donors (Lipinski definition) is 2. The molecule has 6 heteroatoms. The minimum Gasteiger partial charge on any atom is -0.450 e. The minimum atomic E-state index is -0.537. The van der Waals surface area contributed by atoms with E-state index in [1.807, 2.05) is 30.3 Å². The maximum absolute atomic E-state index is 12.0. The highest BCUT2D eigenvalue weighted by Gasteiger charge is 2.33. The van der Waals surface area contributed by atoms with Crippen molar-refractivity contribution in [1.82, 2.24) is 4.90 Å². The van der Waals surface area contributed by atoms with E-state index < -0.39 is 6.04 Å². The highest BCUT2D eigenvalue weighted by atomic mass is 16.6. The zero-order valence-electron chi connectivity index (χ0n) is 12.4. The van der Waals surface area contributed by atoms with Gasteiger partial charge in [0.25, 0.3) is 0 Å². The molecule has 0 saturated carbocycles. The summed E-state index contributed by atoms with van der Waals surface area (Å²) in [6, 6.07) is 9.00. The van der Waals surface area contributed by atoms with Crippen molar-refractivity contribution in [1.29, 1.82) is 5.41 Å². The summed E-state index contributed by atoms with van der Waals surface area (Å²) < 4.78 is 10.2. The molecule has 0 radical (unpaired) electrons. The van der Waals surface area contributed by atoms with Crippen molar-refractivity contribution >= 4 is 12.0 Å². The molecule has 2 rings (SSSR count). The third-order valence-corrected chi connectivity index (χ3v) is 3.71. The van der Waals surface area contributed by atoms with Crippen LogP contribution in [0.15, 0.2) is 43.2 Å². The standard InChI is InChI=1S/C16H21N3O3/c1-2-21-15(18)14(17)13-8-9-19(10-13)16(20)22-11-12-6-4-3-5-7-12/h2-7,13-14,18H,1,8-11,17H2. The van der Waals surface area contributed by atoms with Crippen LogP contribution in [-0.4, -0.2) is 36.0 Å². The molecule has 0 spiro atoms. The molecule has 6 nitrogen and oxygen atoms in total. The molecule has 1 aromatic carbocycles. The van der Waals surface area contributed by atoms with E-state index >= 15 is 0 Å². The monoisotopic (exact) mass is 303 g/mol. The first-order valence-electron chi connectivity index (χ1n) is 7.19. The van der Waals surface area contributed by atoms with Gasteiger partial charge in [-0.15, -0.1) is 0 Å². The Balaban J connectivity index is 1.81. The summed E-state index contributed by atoms with van der Waals surface area (Å²) in [4.78, 5) is 13.7. The highest BCUT2D eigenvalue weighted by Crippen LogP contribution is 2.20. The second-order valence-corrected chi connectivity index (χ2v) is 5.21. The Bertz CT molecular complexity index is 533. The number of nitrogens with zero attached hydrogens (tertiary/aromatic N) is 1. The maximum Gasteiger partial charge on any atom is 0.410 e. The number of nitrogens with two attached hydrogens (primary N) is 1. The summed E-state index contributed by atoms with van der Waals surface area (Å²) in [5.74, 6) is -0.0313. The normalized spacial score (nSPS) is 18.6. The Morgan fingerprint density at radius 3 is 2.91 bits per heavy atom. The Hall–Kier alpha value is -2.34.